The van der Waals surface area contributed by atoms with Crippen LogP contribution in [0.15, 0.2) is 24.3 Å². The molecule has 0 spiro atoms. The van der Waals surface area contributed by atoms with Crippen LogP contribution in [0.25, 0.3) is 0 Å². The van der Waals surface area contributed by atoms with Gasteiger partial charge >= 0.3 is 6.18 Å². The number of rotatable bonds is 4. The molecular weight excluding hydrogens is 317 g/mol. The van der Waals surface area contributed by atoms with Crippen LogP contribution in [0.2, 0.25) is 0 Å². The zero-order chi connectivity index (χ0) is 17.2. The molecule has 4 rings (SSSR count). The number of carbonyl (C=O) groups excluding carboxylic acids is 1. The summed E-state index contributed by atoms with van der Waals surface area (Å²) in [7, 11) is 0. The number of halogens is 3. The van der Waals surface area contributed by atoms with Crippen LogP contribution < -0.4 is 10.6 Å². The maximum atomic E-state index is 13.4. The molecule has 1 aromatic rings. The van der Waals surface area contributed by atoms with Gasteiger partial charge in [0.15, 0.2) is 0 Å². The molecule has 0 radical (unpaired) electrons. The molecule has 2 aliphatic carbocycles. The maximum Gasteiger partial charge on any atom is 0.396 e. The van der Waals surface area contributed by atoms with Gasteiger partial charge in [-0.3, -0.25) is 4.79 Å². The standard InChI is InChI=1S/C18H21F3N2O/c1-12-3-2-4-13(7-12)16(5-6-16)14(24)23-10-15-8-17(15,11-22-9-15)18(19,20)21/h2-4,7,22H,5-6,8-11H2,1H3,(H,23,24)/t15-,17-/m1/s1. The Bertz CT molecular complexity index is 698. The van der Waals surface area contributed by atoms with Crippen LogP contribution >= 0.6 is 0 Å². The van der Waals surface area contributed by atoms with Gasteiger partial charge in [0, 0.05) is 25.0 Å². The van der Waals surface area contributed by atoms with Gasteiger partial charge < -0.3 is 10.6 Å². The summed E-state index contributed by atoms with van der Waals surface area (Å²) >= 11 is 0. The molecule has 0 unspecified atom stereocenters. The average Bonchev–Trinajstić information content (AvgIpc) is 3.41. The molecule has 1 saturated heterocycles. The van der Waals surface area contributed by atoms with Gasteiger partial charge in [-0.15, -0.1) is 0 Å². The number of fused-ring (bicyclic) bond motifs is 1. The molecule has 1 amide bonds. The van der Waals surface area contributed by atoms with E-state index in [-0.39, 0.29) is 25.4 Å². The normalized spacial score (nSPS) is 33.0. The number of piperidine rings is 1. The Morgan fingerprint density at radius 3 is 2.62 bits per heavy atom. The first-order valence-corrected chi connectivity index (χ1v) is 8.38. The van der Waals surface area contributed by atoms with Crippen molar-refractivity contribution in [2.45, 2.75) is 37.8 Å². The van der Waals surface area contributed by atoms with Gasteiger partial charge in [0.2, 0.25) is 5.91 Å². The summed E-state index contributed by atoms with van der Waals surface area (Å²) in [6, 6.07) is 7.83. The Balaban J connectivity index is 1.47. The second-order valence-corrected chi connectivity index (χ2v) is 7.77. The van der Waals surface area contributed by atoms with Gasteiger partial charge in [0.1, 0.15) is 0 Å². The van der Waals surface area contributed by atoms with Crippen LogP contribution in [0.3, 0.4) is 0 Å². The largest absolute Gasteiger partial charge is 0.396 e. The minimum atomic E-state index is -4.21. The SMILES string of the molecule is Cc1cccc(C2(C(=O)NC[C@@]34CNC[C@]3(C(F)(F)F)C4)CC2)c1. The van der Waals surface area contributed by atoms with Gasteiger partial charge in [-0.1, -0.05) is 29.8 Å². The lowest BCUT2D eigenvalue weighted by atomic mass is 9.92. The van der Waals surface area contributed by atoms with Crippen molar-refractivity contribution < 1.29 is 18.0 Å². The Hall–Kier alpha value is -1.56. The minimum Gasteiger partial charge on any atom is -0.355 e. The van der Waals surface area contributed by atoms with Crippen molar-refractivity contribution >= 4 is 5.91 Å². The Labute approximate surface area is 139 Å². The number of carbonyl (C=O) groups is 1. The van der Waals surface area contributed by atoms with Crippen molar-refractivity contribution in [3.05, 3.63) is 35.4 Å². The Morgan fingerprint density at radius 2 is 2.04 bits per heavy atom. The predicted octanol–water partition coefficient (Wildman–Crippen LogP) is 2.68. The molecule has 0 bridgehead atoms. The number of aryl methyl sites for hydroxylation is 1. The number of benzene rings is 1. The summed E-state index contributed by atoms with van der Waals surface area (Å²) in [6.45, 7) is 2.37. The van der Waals surface area contributed by atoms with E-state index in [9.17, 15) is 18.0 Å². The fraction of sp³-hybridized carbons (Fsp3) is 0.611. The quantitative estimate of drug-likeness (QED) is 0.886. The lowest BCUT2D eigenvalue weighted by Crippen LogP contribution is -2.41. The summed E-state index contributed by atoms with van der Waals surface area (Å²) < 4.78 is 40.1. The third-order valence-electron chi connectivity index (χ3n) is 6.31. The van der Waals surface area contributed by atoms with E-state index in [2.05, 4.69) is 10.6 Å². The second kappa shape index (κ2) is 4.75. The van der Waals surface area contributed by atoms with Gasteiger partial charge in [-0.2, -0.15) is 13.2 Å². The van der Waals surface area contributed by atoms with E-state index >= 15 is 0 Å². The molecule has 1 aliphatic heterocycles. The van der Waals surface area contributed by atoms with E-state index < -0.39 is 22.4 Å². The van der Waals surface area contributed by atoms with E-state index in [0.717, 1.165) is 24.0 Å². The maximum absolute atomic E-state index is 13.4. The molecular formula is C18H21F3N2O. The zero-order valence-corrected chi connectivity index (χ0v) is 13.6. The number of hydrogen-bond acceptors (Lipinski definition) is 2. The van der Waals surface area contributed by atoms with E-state index in [1.165, 1.54) is 0 Å². The third kappa shape index (κ3) is 2.05. The van der Waals surface area contributed by atoms with Gasteiger partial charge in [0.25, 0.3) is 0 Å². The van der Waals surface area contributed by atoms with E-state index in [1.54, 1.807) is 0 Å². The first kappa shape index (κ1) is 15.9. The molecule has 3 nitrogen and oxygen atoms in total. The van der Waals surface area contributed by atoms with Crippen LogP contribution in [-0.4, -0.2) is 31.7 Å². The van der Waals surface area contributed by atoms with Crippen molar-refractivity contribution in [1.82, 2.24) is 10.6 Å². The number of amides is 1. The van der Waals surface area contributed by atoms with Crippen LogP contribution in [0.5, 0.6) is 0 Å². The summed E-state index contributed by atoms with van der Waals surface area (Å²) in [5.74, 6) is -0.127. The molecule has 6 heteroatoms. The van der Waals surface area contributed by atoms with Gasteiger partial charge in [-0.25, -0.2) is 0 Å². The molecule has 3 aliphatic rings. The fourth-order valence-electron chi connectivity index (χ4n) is 4.46. The molecule has 1 aromatic carbocycles. The Kier molecular flexibility index (Phi) is 3.15. The van der Waals surface area contributed by atoms with E-state index in [0.29, 0.717) is 6.54 Å². The van der Waals surface area contributed by atoms with E-state index in [1.807, 2.05) is 31.2 Å². The van der Waals surface area contributed by atoms with Crippen molar-refractivity contribution in [3.8, 4) is 0 Å². The molecule has 0 aromatic heterocycles. The van der Waals surface area contributed by atoms with Gasteiger partial charge in [0.05, 0.1) is 10.8 Å². The predicted molar refractivity (Wildman–Crippen MR) is 83.5 cm³/mol. The van der Waals surface area contributed by atoms with Crippen molar-refractivity contribution in [1.29, 1.82) is 0 Å². The highest BCUT2D eigenvalue weighted by Crippen LogP contribution is 2.72. The fourth-order valence-corrected chi connectivity index (χ4v) is 4.46. The minimum absolute atomic E-state index is 0.0323. The molecule has 2 saturated carbocycles. The highest BCUT2D eigenvalue weighted by Gasteiger charge is 2.81. The van der Waals surface area contributed by atoms with Gasteiger partial charge in [-0.05, 0) is 31.7 Å². The molecule has 130 valence electrons. The summed E-state index contributed by atoms with van der Waals surface area (Å²) in [6.07, 6.45) is -2.57. The van der Waals surface area contributed by atoms with Crippen molar-refractivity contribution in [2.24, 2.45) is 10.8 Å². The highest BCUT2D eigenvalue weighted by molar-refractivity contribution is 5.91. The number of hydrogen-bond donors (Lipinski definition) is 2. The van der Waals surface area contributed by atoms with Crippen LogP contribution in [0.1, 0.15) is 30.4 Å². The smallest absolute Gasteiger partial charge is 0.355 e. The third-order valence-corrected chi connectivity index (χ3v) is 6.31. The van der Waals surface area contributed by atoms with Crippen LogP contribution in [0.4, 0.5) is 13.2 Å². The van der Waals surface area contributed by atoms with Crippen molar-refractivity contribution in [2.75, 3.05) is 19.6 Å². The van der Waals surface area contributed by atoms with Crippen LogP contribution in [0, 0.1) is 17.8 Å². The summed E-state index contributed by atoms with van der Waals surface area (Å²) in [5, 5.41) is 5.70. The zero-order valence-electron chi connectivity index (χ0n) is 13.6. The Morgan fingerprint density at radius 1 is 1.29 bits per heavy atom. The first-order chi connectivity index (χ1) is 11.2. The lowest BCUT2D eigenvalue weighted by Gasteiger charge is -2.22. The average molecular weight is 338 g/mol. The molecule has 2 atom stereocenters. The highest BCUT2D eigenvalue weighted by atomic mass is 19.4. The first-order valence-electron chi connectivity index (χ1n) is 8.38. The summed E-state index contributed by atoms with van der Waals surface area (Å²) in [4.78, 5) is 12.7. The summed E-state index contributed by atoms with van der Waals surface area (Å²) in [5.41, 5.74) is -0.982. The lowest BCUT2D eigenvalue weighted by molar-refractivity contribution is -0.190. The molecule has 2 N–H and O–H groups in total. The number of alkyl halides is 3. The van der Waals surface area contributed by atoms with E-state index in [4.69, 9.17) is 0 Å². The second-order valence-electron chi connectivity index (χ2n) is 7.77. The van der Waals surface area contributed by atoms with Crippen LogP contribution in [-0.2, 0) is 10.2 Å². The number of nitrogens with one attached hydrogen (secondary N) is 2. The molecule has 24 heavy (non-hydrogen) atoms. The molecule has 3 fully saturated rings. The topological polar surface area (TPSA) is 41.1 Å². The van der Waals surface area contributed by atoms with Crippen molar-refractivity contribution in [3.63, 3.8) is 0 Å². The molecule has 1 heterocycles. The monoisotopic (exact) mass is 338 g/mol.